The Bertz CT molecular complexity index is 640. The van der Waals surface area contributed by atoms with Gasteiger partial charge in [0.25, 0.3) is 0 Å². The predicted octanol–water partition coefficient (Wildman–Crippen LogP) is 2.47. The molecule has 0 saturated heterocycles. The topological polar surface area (TPSA) is 64.9 Å². The number of nitrogens with two attached hydrogens (primary N) is 1. The molecule has 0 radical (unpaired) electrons. The molecule has 0 aliphatic heterocycles. The number of aromatic nitrogens is 2. The Kier molecular flexibility index (Phi) is 1.86. The minimum absolute atomic E-state index is 0.390. The van der Waals surface area contributed by atoms with Gasteiger partial charge < -0.3 is 10.3 Å². The van der Waals surface area contributed by atoms with Gasteiger partial charge in [-0.05, 0) is 11.5 Å². The second kappa shape index (κ2) is 3.34. The highest BCUT2D eigenvalue weighted by atomic mass is 16.5. The molecule has 3 rings (SSSR count). The van der Waals surface area contributed by atoms with E-state index in [1.54, 1.807) is 12.3 Å². The van der Waals surface area contributed by atoms with Gasteiger partial charge in [-0.1, -0.05) is 23.4 Å². The zero-order valence-corrected chi connectivity index (χ0v) is 8.42. The van der Waals surface area contributed by atoms with Crippen LogP contribution in [-0.2, 0) is 0 Å². The molecule has 1 aromatic carbocycles. The predicted molar refractivity (Wildman–Crippen MR) is 61.7 cm³/mol. The number of benzene rings is 1. The van der Waals surface area contributed by atoms with E-state index < -0.39 is 0 Å². The van der Waals surface area contributed by atoms with E-state index >= 15 is 0 Å². The third-order valence-corrected chi connectivity index (χ3v) is 2.47. The molecule has 0 aliphatic carbocycles. The molecule has 2 aromatic heterocycles. The number of hydrogen-bond donors (Lipinski definition) is 1. The van der Waals surface area contributed by atoms with Crippen LogP contribution in [0.15, 0.2) is 47.2 Å². The molecule has 2 N–H and O–H groups in total. The Labute approximate surface area is 91.7 Å². The number of hydrogen-bond acceptors (Lipinski definition) is 4. The molecule has 0 saturated carbocycles. The van der Waals surface area contributed by atoms with Gasteiger partial charge in [0.2, 0.25) is 0 Å². The lowest BCUT2D eigenvalue weighted by atomic mass is 10.0. The van der Waals surface area contributed by atoms with Crippen molar-refractivity contribution in [2.75, 3.05) is 5.73 Å². The molecular weight excluding hydrogens is 202 g/mol. The van der Waals surface area contributed by atoms with Gasteiger partial charge in [-0.2, -0.15) is 0 Å². The molecule has 0 spiro atoms. The van der Waals surface area contributed by atoms with Crippen molar-refractivity contribution in [3.05, 3.63) is 42.7 Å². The molecular formula is C12H9N3O. The lowest BCUT2D eigenvalue weighted by Crippen LogP contribution is -1.81. The lowest BCUT2D eigenvalue weighted by molar-refractivity contribution is 0.436. The zero-order chi connectivity index (χ0) is 11.0. The van der Waals surface area contributed by atoms with Crippen LogP contribution in [0.4, 0.5) is 5.82 Å². The van der Waals surface area contributed by atoms with Gasteiger partial charge in [0.1, 0.15) is 0 Å². The van der Waals surface area contributed by atoms with E-state index in [0.717, 1.165) is 16.3 Å². The van der Waals surface area contributed by atoms with E-state index in [1.807, 2.05) is 30.5 Å². The fourth-order valence-electron chi connectivity index (χ4n) is 1.75. The number of pyridine rings is 1. The highest BCUT2D eigenvalue weighted by Gasteiger charge is 2.08. The van der Waals surface area contributed by atoms with E-state index in [9.17, 15) is 0 Å². The first-order valence-electron chi connectivity index (χ1n) is 4.90. The van der Waals surface area contributed by atoms with Crippen molar-refractivity contribution in [3.63, 3.8) is 0 Å². The summed E-state index contributed by atoms with van der Waals surface area (Å²) >= 11 is 0. The first-order chi connectivity index (χ1) is 7.84. The molecule has 3 aromatic rings. The Balaban J connectivity index is 2.31. The highest BCUT2D eigenvalue weighted by molar-refractivity contribution is 5.95. The normalized spacial score (nSPS) is 10.8. The van der Waals surface area contributed by atoms with Gasteiger partial charge >= 0.3 is 0 Å². The number of nitrogens with zero attached hydrogens (tertiary/aromatic N) is 2. The summed E-state index contributed by atoms with van der Waals surface area (Å²) in [7, 11) is 0. The molecule has 78 valence electrons. The molecule has 16 heavy (non-hydrogen) atoms. The maximum absolute atomic E-state index is 5.54. The second-order valence-electron chi connectivity index (χ2n) is 3.52. The Morgan fingerprint density at radius 2 is 2.12 bits per heavy atom. The fraction of sp³-hybridized carbons (Fsp3) is 0. The van der Waals surface area contributed by atoms with Crippen molar-refractivity contribution in [2.45, 2.75) is 0 Å². The van der Waals surface area contributed by atoms with Gasteiger partial charge in [0.15, 0.2) is 11.6 Å². The largest absolute Gasteiger partial charge is 0.381 e. The van der Waals surface area contributed by atoms with Crippen molar-refractivity contribution in [1.29, 1.82) is 0 Å². The molecule has 0 fully saturated rings. The van der Waals surface area contributed by atoms with Crippen LogP contribution < -0.4 is 5.73 Å². The van der Waals surface area contributed by atoms with Crippen LogP contribution in [0.1, 0.15) is 0 Å². The zero-order valence-electron chi connectivity index (χ0n) is 8.42. The maximum atomic E-state index is 5.54. The summed E-state index contributed by atoms with van der Waals surface area (Å²) in [5, 5.41) is 5.83. The smallest absolute Gasteiger partial charge is 0.169 e. The van der Waals surface area contributed by atoms with Crippen LogP contribution in [0, 0.1) is 0 Å². The molecule has 2 heterocycles. The second-order valence-corrected chi connectivity index (χ2v) is 3.52. The minimum atomic E-state index is 0.390. The standard InChI is InChI=1S/C12H9N3O/c13-12-6-11(16-15-12)10-3-1-2-8-7-14-5-4-9(8)10/h1-7H,(H2,13,15). The van der Waals surface area contributed by atoms with E-state index in [-0.39, 0.29) is 0 Å². The Morgan fingerprint density at radius 3 is 2.94 bits per heavy atom. The highest BCUT2D eigenvalue weighted by Crippen LogP contribution is 2.28. The summed E-state index contributed by atoms with van der Waals surface area (Å²) in [6.45, 7) is 0. The average molecular weight is 211 g/mol. The SMILES string of the molecule is Nc1cc(-c2cccc3cnccc23)on1. The summed E-state index contributed by atoms with van der Waals surface area (Å²) in [5.41, 5.74) is 6.52. The van der Waals surface area contributed by atoms with Crippen LogP contribution in [0.25, 0.3) is 22.1 Å². The summed E-state index contributed by atoms with van der Waals surface area (Å²) in [5.74, 6) is 1.07. The summed E-state index contributed by atoms with van der Waals surface area (Å²) in [4.78, 5) is 4.08. The van der Waals surface area contributed by atoms with Gasteiger partial charge in [0.05, 0.1) is 0 Å². The summed E-state index contributed by atoms with van der Waals surface area (Å²) in [6.07, 6.45) is 3.57. The van der Waals surface area contributed by atoms with Gasteiger partial charge in [-0.3, -0.25) is 4.98 Å². The van der Waals surface area contributed by atoms with Crippen molar-refractivity contribution in [2.24, 2.45) is 0 Å². The summed E-state index contributed by atoms with van der Waals surface area (Å²) < 4.78 is 5.16. The molecule has 0 bridgehead atoms. The third kappa shape index (κ3) is 1.32. The first-order valence-corrected chi connectivity index (χ1v) is 4.90. The van der Waals surface area contributed by atoms with Crippen LogP contribution >= 0.6 is 0 Å². The number of fused-ring (bicyclic) bond motifs is 1. The summed E-state index contributed by atoms with van der Waals surface area (Å²) in [6, 6.07) is 9.60. The van der Waals surface area contributed by atoms with E-state index in [1.165, 1.54) is 0 Å². The minimum Gasteiger partial charge on any atom is -0.381 e. The maximum Gasteiger partial charge on any atom is 0.169 e. The van der Waals surface area contributed by atoms with Crippen LogP contribution in [0.2, 0.25) is 0 Å². The molecule has 0 atom stereocenters. The number of nitrogen functional groups attached to an aromatic ring is 1. The van der Waals surface area contributed by atoms with Crippen molar-refractivity contribution in [1.82, 2.24) is 10.1 Å². The molecule has 0 amide bonds. The van der Waals surface area contributed by atoms with Gasteiger partial charge in [-0.15, -0.1) is 0 Å². The quantitative estimate of drug-likeness (QED) is 0.671. The van der Waals surface area contributed by atoms with Crippen molar-refractivity contribution >= 4 is 16.6 Å². The first kappa shape index (κ1) is 8.91. The fourth-order valence-corrected chi connectivity index (χ4v) is 1.75. The third-order valence-electron chi connectivity index (χ3n) is 2.47. The Hall–Kier alpha value is -2.36. The van der Waals surface area contributed by atoms with E-state index in [2.05, 4.69) is 10.1 Å². The van der Waals surface area contributed by atoms with Crippen molar-refractivity contribution in [3.8, 4) is 11.3 Å². The average Bonchev–Trinajstić information content (AvgIpc) is 2.75. The monoisotopic (exact) mass is 211 g/mol. The lowest BCUT2D eigenvalue weighted by Gasteiger charge is -2.01. The number of anilines is 1. The van der Waals surface area contributed by atoms with Crippen molar-refractivity contribution < 1.29 is 4.52 Å². The number of rotatable bonds is 1. The van der Waals surface area contributed by atoms with Crippen LogP contribution in [0.5, 0.6) is 0 Å². The molecule has 4 nitrogen and oxygen atoms in total. The molecule has 4 heteroatoms. The van der Waals surface area contributed by atoms with Crippen LogP contribution in [-0.4, -0.2) is 10.1 Å². The van der Waals surface area contributed by atoms with E-state index in [4.69, 9.17) is 10.3 Å². The van der Waals surface area contributed by atoms with E-state index in [0.29, 0.717) is 11.6 Å². The van der Waals surface area contributed by atoms with Crippen LogP contribution in [0.3, 0.4) is 0 Å². The molecule has 0 unspecified atom stereocenters. The van der Waals surface area contributed by atoms with Gasteiger partial charge in [0, 0.05) is 29.4 Å². The molecule has 0 aliphatic rings. The Morgan fingerprint density at radius 1 is 1.19 bits per heavy atom. The van der Waals surface area contributed by atoms with Gasteiger partial charge in [-0.25, -0.2) is 0 Å².